The Bertz CT molecular complexity index is 1430. The van der Waals surface area contributed by atoms with E-state index >= 15 is 0 Å². The number of thiazole rings is 1. The maximum Gasteiger partial charge on any atom is 0.335 e. The van der Waals surface area contributed by atoms with E-state index in [1.54, 1.807) is 0 Å². The van der Waals surface area contributed by atoms with Gasteiger partial charge < -0.3 is 19.8 Å². The SMILES string of the molecule is O=C(O)c1cc(F)c2nc(N3CCC(NCc4c(-c5ccccc5Cl)noc4C4CC4)C3)sc2c1. The van der Waals surface area contributed by atoms with E-state index in [0.29, 0.717) is 27.3 Å². The minimum atomic E-state index is -1.15. The number of nitrogens with zero attached hydrogens (tertiary/aromatic N) is 3. The summed E-state index contributed by atoms with van der Waals surface area (Å²) < 4.78 is 20.7. The Balaban J connectivity index is 1.19. The van der Waals surface area contributed by atoms with E-state index in [-0.39, 0.29) is 17.1 Å². The molecule has 1 saturated carbocycles. The molecule has 0 spiro atoms. The van der Waals surface area contributed by atoms with E-state index in [0.717, 1.165) is 61.0 Å². The van der Waals surface area contributed by atoms with Crippen LogP contribution in [-0.2, 0) is 6.54 Å². The van der Waals surface area contributed by atoms with Crippen molar-refractivity contribution in [3.8, 4) is 11.3 Å². The number of nitrogens with one attached hydrogen (secondary N) is 1. The molecular formula is C25H22ClFN4O3S. The molecule has 3 heterocycles. The molecule has 7 nitrogen and oxygen atoms in total. The van der Waals surface area contributed by atoms with Crippen LogP contribution in [0.2, 0.25) is 5.02 Å². The largest absolute Gasteiger partial charge is 0.478 e. The number of aromatic nitrogens is 2. The average Bonchev–Trinajstić information content (AvgIpc) is 3.23. The fourth-order valence-electron chi connectivity index (χ4n) is 4.61. The van der Waals surface area contributed by atoms with Gasteiger partial charge >= 0.3 is 5.97 Å². The molecule has 1 atom stereocenters. The molecule has 2 aliphatic rings. The van der Waals surface area contributed by atoms with Crippen molar-refractivity contribution in [1.82, 2.24) is 15.5 Å². The summed E-state index contributed by atoms with van der Waals surface area (Å²) in [6.45, 7) is 2.12. The summed E-state index contributed by atoms with van der Waals surface area (Å²) in [5, 5.41) is 18.6. The molecular weight excluding hydrogens is 491 g/mol. The molecule has 6 rings (SSSR count). The van der Waals surface area contributed by atoms with Crippen LogP contribution in [0, 0.1) is 5.82 Å². The molecule has 2 aromatic heterocycles. The van der Waals surface area contributed by atoms with E-state index in [9.17, 15) is 14.3 Å². The first-order valence-corrected chi connectivity index (χ1v) is 12.7. The lowest BCUT2D eigenvalue weighted by Crippen LogP contribution is -2.32. The van der Waals surface area contributed by atoms with E-state index in [1.165, 1.54) is 17.4 Å². The minimum absolute atomic E-state index is 0.0688. The molecule has 4 aromatic rings. The molecule has 1 aliphatic carbocycles. The van der Waals surface area contributed by atoms with Crippen molar-refractivity contribution in [2.24, 2.45) is 0 Å². The molecule has 35 heavy (non-hydrogen) atoms. The highest BCUT2D eigenvalue weighted by Crippen LogP contribution is 2.44. The van der Waals surface area contributed by atoms with Gasteiger partial charge in [-0.3, -0.25) is 0 Å². The first kappa shape index (κ1) is 22.5. The van der Waals surface area contributed by atoms with E-state index in [4.69, 9.17) is 16.1 Å². The van der Waals surface area contributed by atoms with Crippen molar-refractivity contribution in [3.63, 3.8) is 0 Å². The number of rotatable bonds is 7. The van der Waals surface area contributed by atoms with Crippen molar-refractivity contribution in [1.29, 1.82) is 0 Å². The average molecular weight is 513 g/mol. The van der Waals surface area contributed by atoms with E-state index in [1.807, 2.05) is 24.3 Å². The Morgan fingerprint density at radius 3 is 2.89 bits per heavy atom. The highest BCUT2D eigenvalue weighted by atomic mass is 35.5. The second-order valence-electron chi connectivity index (χ2n) is 9.05. The molecule has 10 heteroatoms. The third kappa shape index (κ3) is 4.28. The summed E-state index contributed by atoms with van der Waals surface area (Å²) >= 11 is 7.77. The second kappa shape index (κ2) is 8.89. The topological polar surface area (TPSA) is 91.5 Å². The smallest absolute Gasteiger partial charge is 0.335 e. The highest BCUT2D eigenvalue weighted by Gasteiger charge is 2.33. The number of hydrogen-bond donors (Lipinski definition) is 2. The van der Waals surface area contributed by atoms with E-state index in [2.05, 4.69) is 20.4 Å². The van der Waals surface area contributed by atoms with Crippen LogP contribution in [0.25, 0.3) is 21.5 Å². The number of benzene rings is 2. The lowest BCUT2D eigenvalue weighted by Gasteiger charge is -2.16. The van der Waals surface area contributed by atoms with Crippen LogP contribution in [0.4, 0.5) is 9.52 Å². The van der Waals surface area contributed by atoms with Gasteiger partial charge in [0.15, 0.2) is 10.9 Å². The molecule has 0 amide bonds. The number of carboxylic acids is 1. The van der Waals surface area contributed by atoms with Gasteiger partial charge in [-0.1, -0.05) is 46.3 Å². The molecule has 180 valence electrons. The molecule has 1 aliphatic heterocycles. The van der Waals surface area contributed by atoms with Gasteiger partial charge in [0.25, 0.3) is 0 Å². The molecule has 0 bridgehead atoms. The van der Waals surface area contributed by atoms with Gasteiger partial charge in [0, 0.05) is 42.7 Å². The van der Waals surface area contributed by atoms with Crippen LogP contribution in [0.3, 0.4) is 0 Å². The number of carboxylic acid groups (broad SMARTS) is 1. The number of fused-ring (bicyclic) bond motifs is 1. The first-order valence-electron chi connectivity index (χ1n) is 11.5. The number of hydrogen-bond acceptors (Lipinski definition) is 7. The predicted octanol–water partition coefficient (Wildman–Crippen LogP) is 5.69. The van der Waals surface area contributed by atoms with Gasteiger partial charge in [0.05, 0.1) is 15.3 Å². The van der Waals surface area contributed by atoms with E-state index < -0.39 is 11.8 Å². The van der Waals surface area contributed by atoms with Gasteiger partial charge in [-0.2, -0.15) is 0 Å². The zero-order valence-corrected chi connectivity index (χ0v) is 20.2. The maximum atomic E-state index is 14.4. The van der Waals surface area contributed by atoms with Crippen LogP contribution in [0.1, 0.15) is 46.9 Å². The van der Waals surface area contributed by atoms with Gasteiger partial charge in [-0.05, 0) is 37.5 Å². The lowest BCUT2D eigenvalue weighted by molar-refractivity contribution is 0.0696. The fourth-order valence-corrected chi connectivity index (χ4v) is 5.89. The van der Waals surface area contributed by atoms with Crippen molar-refractivity contribution < 1.29 is 18.8 Å². The lowest BCUT2D eigenvalue weighted by atomic mass is 10.0. The van der Waals surface area contributed by atoms with Crippen molar-refractivity contribution in [3.05, 3.63) is 64.1 Å². The Labute approximate surface area is 209 Å². The summed E-state index contributed by atoms with van der Waals surface area (Å²) in [7, 11) is 0. The summed E-state index contributed by atoms with van der Waals surface area (Å²) in [5.41, 5.74) is 2.86. The standard InChI is InChI=1S/C25H22ClFN4O3S/c26-18-4-2-1-3-16(18)21-17(23(34-30-21)13-5-6-13)11-28-15-7-8-31(12-15)25-29-22-19(27)9-14(24(32)33)10-20(22)35-25/h1-4,9-10,13,15,28H,5-8,11-12H2,(H,32,33). The summed E-state index contributed by atoms with van der Waals surface area (Å²) in [4.78, 5) is 17.8. The second-order valence-corrected chi connectivity index (χ2v) is 10.5. The summed E-state index contributed by atoms with van der Waals surface area (Å²) in [5.74, 6) is -0.396. The Morgan fingerprint density at radius 2 is 2.11 bits per heavy atom. The van der Waals surface area contributed by atoms with Crippen LogP contribution in [-0.4, -0.2) is 40.3 Å². The Kier molecular flexibility index (Phi) is 5.70. The quantitative estimate of drug-likeness (QED) is 0.329. The van der Waals surface area contributed by atoms with Gasteiger partial charge in [-0.15, -0.1) is 0 Å². The number of anilines is 1. The first-order chi connectivity index (χ1) is 17.0. The highest BCUT2D eigenvalue weighted by molar-refractivity contribution is 7.22. The zero-order chi connectivity index (χ0) is 24.1. The third-order valence-electron chi connectivity index (χ3n) is 6.61. The molecule has 1 saturated heterocycles. The van der Waals surface area contributed by atoms with Gasteiger partial charge in [-0.25, -0.2) is 14.2 Å². The number of halogens is 2. The van der Waals surface area contributed by atoms with Crippen molar-refractivity contribution in [2.75, 3.05) is 18.0 Å². The van der Waals surface area contributed by atoms with Gasteiger partial charge in [0.2, 0.25) is 0 Å². The number of carbonyl (C=O) groups is 1. The van der Waals surface area contributed by atoms with Crippen LogP contribution >= 0.6 is 22.9 Å². The predicted molar refractivity (Wildman–Crippen MR) is 133 cm³/mol. The molecule has 2 fully saturated rings. The summed E-state index contributed by atoms with van der Waals surface area (Å²) in [6, 6.07) is 10.4. The molecule has 0 radical (unpaired) electrons. The summed E-state index contributed by atoms with van der Waals surface area (Å²) in [6.07, 6.45) is 3.13. The maximum absolute atomic E-state index is 14.4. The molecule has 1 unspecified atom stereocenters. The molecule has 2 aromatic carbocycles. The van der Waals surface area contributed by atoms with Gasteiger partial charge in [0.1, 0.15) is 17.0 Å². The van der Waals surface area contributed by atoms with Crippen LogP contribution in [0.5, 0.6) is 0 Å². The monoisotopic (exact) mass is 512 g/mol. The minimum Gasteiger partial charge on any atom is -0.478 e. The Hall–Kier alpha value is -3.01. The van der Waals surface area contributed by atoms with Crippen LogP contribution < -0.4 is 10.2 Å². The van der Waals surface area contributed by atoms with Crippen molar-refractivity contribution >= 4 is 44.3 Å². The number of aromatic carboxylic acids is 1. The zero-order valence-electron chi connectivity index (χ0n) is 18.6. The third-order valence-corrected chi connectivity index (χ3v) is 8.00. The van der Waals surface area contributed by atoms with Crippen LogP contribution in [0.15, 0.2) is 40.9 Å². The normalized spacial score (nSPS) is 18.0. The van der Waals surface area contributed by atoms with Crippen molar-refractivity contribution in [2.45, 2.75) is 37.8 Å². The Morgan fingerprint density at radius 1 is 1.29 bits per heavy atom. The molecule has 2 N–H and O–H groups in total. The fraction of sp³-hybridized carbons (Fsp3) is 0.320.